The van der Waals surface area contributed by atoms with Crippen LogP contribution in [0.25, 0.3) is 0 Å². The van der Waals surface area contributed by atoms with Crippen LogP contribution >= 0.6 is 0 Å². The fourth-order valence-electron chi connectivity index (χ4n) is 1.58. The smallest absolute Gasteiger partial charge is 0.412 e. The maximum Gasteiger partial charge on any atom is 0.412 e. The van der Waals surface area contributed by atoms with E-state index in [-0.39, 0.29) is 11.4 Å². The summed E-state index contributed by atoms with van der Waals surface area (Å²) in [6.45, 7) is 8.99. The summed E-state index contributed by atoms with van der Waals surface area (Å²) in [5.74, 6) is -1.14. The Kier molecular flexibility index (Phi) is 4.18. The van der Waals surface area contributed by atoms with Crippen LogP contribution in [-0.4, -0.2) is 32.6 Å². The summed E-state index contributed by atoms with van der Waals surface area (Å²) in [5, 5.41) is 15.7. The summed E-state index contributed by atoms with van der Waals surface area (Å²) in [6, 6.07) is 0. The van der Waals surface area contributed by atoms with Crippen molar-refractivity contribution in [2.24, 2.45) is 0 Å². The SMILES string of the molecule is CCn1nc(C)c(NC(=O)OC(C)(C)C)c1C(=O)O. The zero-order chi connectivity index (χ0) is 14.8. The van der Waals surface area contributed by atoms with E-state index in [9.17, 15) is 14.7 Å². The number of carbonyl (C=O) groups excluding carboxylic acids is 1. The number of nitrogens with one attached hydrogen (secondary N) is 1. The molecule has 0 aliphatic rings. The van der Waals surface area contributed by atoms with E-state index in [0.29, 0.717) is 12.2 Å². The second-order valence-electron chi connectivity index (χ2n) is 5.06. The molecule has 0 aliphatic carbocycles. The number of amides is 1. The van der Waals surface area contributed by atoms with E-state index in [1.54, 1.807) is 34.6 Å². The van der Waals surface area contributed by atoms with Crippen LogP contribution in [0.15, 0.2) is 0 Å². The van der Waals surface area contributed by atoms with E-state index in [2.05, 4.69) is 10.4 Å². The van der Waals surface area contributed by atoms with Crippen LogP contribution in [0.3, 0.4) is 0 Å². The molecule has 2 N–H and O–H groups in total. The molecule has 19 heavy (non-hydrogen) atoms. The molecule has 0 atom stereocenters. The first-order valence-corrected chi connectivity index (χ1v) is 5.96. The van der Waals surface area contributed by atoms with Gasteiger partial charge in [0.25, 0.3) is 0 Å². The van der Waals surface area contributed by atoms with Gasteiger partial charge in [0, 0.05) is 6.54 Å². The molecule has 0 saturated heterocycles. The third kappa shape index (κ3) is 3.70. The van der Waals surface area contributed by atoms with E-state index in [1.165, 1.54) is 4.68 Å². The number of carbonyl (C=O) groups is 2. The summed E-state index contributed by atoms with van der Waals surface area (Å²) < 4.78 is 6.42. The average molecular weight is 269 g/mol. The van der Waals surface area contributed by atoms with Gasteiger partial charge in [0.05, 0.1) is 11.4 Å². The van der Waals surface area contributed by atoms with E-state index >= 15 is 0 Å². The van der Waals surface area contributed by atoms with Crippen LogP contribution in [0.2, 0.25) is 0 Å². The lowest BCUT2D eigenvalue weighted by molar-refractivity contribution is 0.0635. The summed E-state index contributed by atoms with van der Waals surface area (Å²) >= 11 is 0. The lowest BCUT2D eigenvalue weighted by Gasteiger charge is -2.19. The molecule has 7 nitrogen and oxygen atoms in total. The van der Waals surface area contributed by atoms with Crippen LogP contribution in [0.4, 0.5) is 10.5 Å². The van der Waals surface area contributed by atoms with Gasteiger partial charge < -0.3 is 9.84 Å². The topological polar surface area (TPSA) is 93.5 Å². The van der Waals surface area contributed by atoms with Gasteiger partial charge in [0.15, 0.2) is 5.69 Å². The summed E-state index contributed by atoms with van der Waals surface area (Å²) in [4.78, 5) is 22.9. The Balaban J connectivity index is 3.04. The molecule has 0 bridgehead atoms. The standard InChI is InChI=1S/C12H19N3O4/c1-6-15-9(10(16)17)8(7(2)14-15)13-11(18)19-12(3,4)5/h6H2,1-5H3,(H,13,18)(H,16,17). The number of aromatic carboxylic acids is 1. The fraction of sp³-hybridized carbons (Fsp3) is 0.583. The normalized spacial score (nSPS) is 11.2. The van der Waals surface area contributed by atoms with Crippen LogP contribution in [0, 0.1) is 6.92 Å². The van der Waals surface area contributed by atoms with Crippen molar-refractivity contribution >= 4 is 17.7 Å². The van der Waals surface area contributed by atoms with Crippen molar-refractivity contribution in [1.29, 1.82) is 0 Å². The summed E-state index contributed by atoms with van der Waals surface area (Å²) in [6.07, 6.45) is -0.700. The lowest BCUT2D eigenvalue weighted by Crippen LogP contribution is -2.28. The molecule has 1 rings (SSSR count). The number of aromatic nitrogens is 2. The van der Waals surface area contributed by atoms with Crippen LogP contribution < -0.4 is 5.32 Å². The highest BCUT2D eigenvalue weighted by atomic mass is 16.6. The summed E-state index contributed by atoms with van der Waals surface area (Å²) in [7, 11) is 0. The molecule has 1 aromatic rings. The molecule has 0 radical (unpaired) electrons. The number of aryl methyl sites for hydroxylation is 2. The summed E-state index contributed by atoms with van der Waals surface area (Å²) in [5.41, 5.74) is -0.0955. The molecule has 1 heterocycles. The molecule has 0 saturated carbocycles. The molecule has 0 fully saturated rings. The maximum atomic E-state index is 11.7. The average Bonchev–Trinajstić information content (AvgIpc) is 2.52. The number of anilines is 1. The number of carboxylic acids is 1. The van der Waals surface area contributed by atoms with Crippen molar-refractivity contribution in [3.05, 3.63) is 11.4 Å². The largest absolute Gasteiger partial charge is 0.476 e. The Hall–Kier alpha value is -2.05. The Morgan fingerprint density at radius 1 is 1.42 bits per heavy atom. The van der Waals surface area contributed by atoms with Gasteiger partial charge in [-0.25, -0.2) is 9.59 Å². The zero-order valence-corrected chi connectivity index (χ0v) is 11.8. The van der Waals surface area contributed by atoms with Gasteiger partial charge in [-0.15, -0.1) is 0 Å². The van der Waals surface area contributed by atoms with E-state index < -0.39 is 17.7 Å². The van der Waals surface area contributed by atoms with E-state index in [4.69, 9.17) is 4.74 Å². The van der Waals surface area contributed by atoms with Gasteiger partial charge in [-0.2, -0.15) is 5.10 Å². The van der Waals surface area contributed by atoms with Crippen molar-refractivity contribution in [2.45, 2.75) is 46.8 Å². The van der Waals surface area contributed by atoms with Crippen LogP contribution in [0.5, 0.6) is 0 Å². The number of nitrogens with zero attached hydrogens (tertiary/aromatic N) is 2. The molecule has 0 aliphatic heterocycles. The second kappa shape index (κ2) is 5.29. The van der Waals surface area contributed by atoms with Gasteiger partial charge in [0.1, 0.15) is 5.60 Å². The van der Waals surface area contributed by atoms with Crippen molar-refractivity contribution in [3.8, 4) is 0 Å². The maximum absolute atomic E-state index is 11.7. The van der Waals surface area contributed by atoms with Gasteiger partial charge in [-0.1, -0.05) is 0 Å². The Morgan fingerprint density at radius 3 is 2.42 bits per heavy atom. The van der Waals surface area contributed by atoms with Crippen molar-refractivity contribution in [2.75, 3.05) is 5.32 Å². The van der Waals surface area contributed by atoms with Gasteiger partial charge in [0.2, 0.25) is 0 Å². The highest BCUT2D eigenvalue weighted by molar-refractivity contribution is 5.98. The second-order valence-corrected chi connectivity index (χ2v) is 5.06. The minimum atomic E-state index is -1.14. The highest BCUT2D eigenvalue weighted by Gasteiger charge is 2.24. The minimum absolute atomic E-state index is 0.0501. The monoisotopic (exact) mass is 269 g/mol. The molecule has 0 unspecified atom stereocenters. The molecule has 1 amide bonds. The third-order valence-corrected chi connectivity index (χ3v) is 2.26. The van der Waals surface area contributed by atoms with Gasteiger partial charge >= 0.3 is 12.1 Å². The quantitative estimate of drug-likeness (QED) is 0.877. The van der Waals surface area contributed by atoms with Gasteiger partial charge in [-0.3, -0.25) is 10.00 Å². The Morgan fingerprint density at radius 2 is 2.00 bits per heavy atom. The number of ether oxygens (including phenoxy) is 1. The van der Waals surface area contributed by atoms with Gasteiger partial charge in [-0.05, 0) is 34.6 Å². The van der Waals surface area contributed by atoms with E-state index in [1.807, 2.05) is 0 Å². The molecule has 7 heteroatoms. The highest BCUT2D eigenvalue weighted by Crippen LogP contribution is 2.21. The number of hydrogen-bond donors (Lipinski definition) is 2. The zero-order valence-electron chi connectivity index (χ0n) is 11.8. The predicted octanol–water partition coefficient (Wildman–Crippen LogP) is 2.26. The molecule has 0 aromatic carbocycles. The first kappa shape index (κ1) is 15.0. The number of hydrogen-bond acceptors (Lipinski definition) is 4. The van der Waals surface area contributed by atoms with Crippen molar-refractivity contribution < 1.29 is 19.4 Å². The molecule has 1 aromatic heterocycles. The minimum Gasteiger partial charge on any atom is -0.476 e. The van der Waals surface area contributed by atoms with Crippen molar-refractivity contribution in [1.82, 2.24) is 9.78 Å². The lowest BCUT2D eigenvalue weighted by atomic mass is 10.2. The first-order chi connectivity index (χ1) is 8.65. The van der Waals surface area contributed by atoms with Crippen LogP contribution in [-0.2, 0) is 11.3 Å². The molecular formula is C12H19N3O4. The Bertz CT molecular complexity index is 500. The number of carboxylic acid groups (broad SMARTS) is 1. The Labute approximate surface area is 111 Å². The molecule has 0 spiro atoms. The number of rotatable bonds is 3. The van der Waals surface area contributed by atoms with Crippen molar-refractivity contribution in [3.63, 3.8) is 0 Å². The fourth-order valence-corrected chi connectivity index (χ4v) is 1.58. The molecular weight excluding hydrogens is 250 g/mol. The molecule has 106 valence electrons. The first-order valence-electron chi connectivity index (χ1n) is 5.96. The van der Waals surface area contributed by atoms with E-state index in [0.717, 1.165) is 0 Å². The third-order valence-electron chi connectivity index (χ3n) is 2.26. The predicted molar refractivity (Wildman–Crippen MR) is 69.5 cm³/mol. The van der Waals surface area contributed by atoms with Crippen LogP contribution in [0.1, 0.15) is 43.9 Å².